The molecular weight excluding hydrogens is 323 g/mol. The maximum atomic E-state index is 11.1. The molecule has 0 saturated carbocycles. The summed E-state index contributed by atoms with van der Waals surface area (Å²) in [6, 6.07) is -0.413. The zero-order valence-electron chi connectivity index (χ0n) is 9.72. The van der Waals surface area contributed by atoms with Crippen molar-refractivity contribution in [2.75, 3.05) is 6.61 Å². The molecule has 0 radical (unpaired) electrons. The first-order valence-electron chi connectivity index (χ1n) is 5.37. The topological polar surface area (TPSA) is 72.8 Å². The number of likely N-dealkylation sites (tertiary alicyclic amines) is 1. The highest BCUT2D eigenvalue weighted by molar-refractivity contribution is 14.1. The first kappa shape index (κ1) is 14.1. The number of nitrogens with zero attached hydrogens (tertiary/aromatic N) is 1. The monoisotopic (exact) mass is 342 g/mol. The summed E-state index contributed by atoms with van der Waals surface area (Å²) in [4.78, 5) is 13.1. The van der Waals surface area contributed by atoms with Gasteiger partial charge in [0.15, 0.2) is 0 Å². The van der Waals surface area contributed by atoms with Crippen LogP contribution in [0.4, 0.5) is 0 Å². The van der Waals surface area contributed by atoms with Crippen LogP contribution in [-0.2, 0) is 4.79 Å². The summed E-state index contributed by atoms with van der Waals surface area (Å²) in [5, 5.41) is 22.1. The Labute approximate surface area is 109 Å². The van der Waals surface area contributed by atoms with Crippen LogP contribution in [0.5, 0.6) is 0 Å². The van der Waals surface area contributed by atoms with Gasteiger partial charge in [0.1, 0.15) is 0 Å². The largest absolute Gasteiger partial charge is 0.395 e. The van der Waals surface area contributed by atoms with E-state index in [4.69, 9.17) is 0 Å². The van der Waals surface area contributed by atoms with E-state index >= 15 is 0 Å². The van der Waals surface area contributed by atoms with Crippen molar-refractivity contribution in [3.63, 3.8) is 0 Å². The van der Waals surface area contributed by atoms with Gasteiger partial charge in [-0.15, -0.1) is 0 Å². The number of alkyl halides is 1. The highest BCUT2D eigenvalue weighted by Crippen LogP contribution is 2.31. The van der Waals surface area contributed by atoms with Gasteiger partial charge in [-0.1, -0.05) is 22.6 Å². The number of aliphatic hydroxyl groups is 2. The van der Waals surface area contributed by atoms with E-state index in [1.807, 2.05) is 18.7 Å². The van der Waals surface area contributed by atoms with Gasteiger partial charge >= 0.3 is 0 Å². The molecule has 0 aromatic rings. The lowest BCUT2D eigenvalue weighted by molar-refractivity contribution is -0.120. The molecule has 3 N–H and O–H groups in total. The summed E-state index contributed by atoms with van der Waals surface area (Å²) in [6.07, 6.45) is -0.724. The van der Waals surface area contributed by atoms with Crippen LogP contribution < -0.4 is 5.32 Å². The number of hydrogen-bond donors (Lipinski definition) is 3. The van der Waals surface area contributed by atoms with E-state index in [0.29, 0.717) is 0 Å². The number of aliphatic hydroxyl groups excluding tert-OH is 2. The molecule has 1 aliphatic rings. The molecular formula is C10H19IN2O3. The Morgan fingerprint density at radius 1 is 1.56 bits per heavy atom. The highest BCUT2D eigenvalue weighted by Gasteiger charge is 2.48. The van der Waals surface area contributed by atoms with E-state index in [2.05, 4.69) is 27.9 Å². The number of carbonyl (C=O) groups excluding carboxylic acids is 1. The number of rotatable bonds is 3. The fourth-order valence-corrected chi connectivity index (χ4v) is 3.87. The van der Waals surface area contributed by atoms with Crippen LogP contribution >= 0.6 is 22.6 Å². The number of hydrogen-bond acceptors (Lipinski definition) is 4. The summed E-state index contributed by atoms with van der Waals surface area (Å²) in [5.41, 5.74) is 0. The predicted octanol–water partition coefficient (Wildman–Crippen LogP) is -0.302. The van der Waals surface area contributed by atoms with Gasteiger partial charge in [-0.3, -0.25) is 9.69 Å². The zero-order valence-corrected chi connectivity index (χ0v) is 11.9. The normalized spacial score (nSPS) is 35.7. The molecule has 0 aliphatic carbocycles. The van der Waals surface area contributed by atoms with Crippen molar-refractivity contribution < 1.29 is 15.0 Å². The van der Waals surface area contributed by atoms with Crippen LogP contribution in [0.15, 0.2) is 0 Å². The molecule has 1 fully saturated rings. The fourth-order valence-electron chi connectivity index (χ4n) is 2.21. The number of carbonyl (C=O) groups is 1. The van der Waals surface area contributed by atoms with Crippen molar-refractivity contribution in [3.8, 4) is 0 Å². The van der Waals surface area contributed by atoms with Gasteiger partial charge in [-0.05, 0) is 13.8 Å². The van der Waals surface area contributed by atoms with Crippen LogP contribution in [0.3, 0.4) is 0 Å². The number of halogens is 1. The average molecular weight is 342 g/mol. The smallest absolute Gasteiger partial charge is 0.217 e. The molecule has 1 saturated heterocycles. The van der Waals surface area contributed by atoms with Crippen LogP contribution in [0, 0.1) is 0 Å². The van der Waals surface area contributed by atoms with E-state index in [-0.39, 0.29) is 34.7 Å². The Morgan fingerprint density at radius 2 is 2.12 bits per heavy atom. The maximum Gasteiger partial charge on any atom is 0.217 e. The molecule has 94 valence electrons. The average Bonchev–Trinajstić information content (AvgIpc) is 2.41. The molecule has 5 nitrogen and oxygen atoms in total. The standard InChI is InChI=1S/C10H19IN2O3/c1-5(2)13-7(4-14)9(16)8(10(13)11)12-6(3)15/h5,7-10,14,16H,4H2,1-3H3,(H,12,15)/t7-,8-,9-,10?/m1/s1. The summed E-state index contributed by atoms with van der Waals surface area (Å²) in [6.45, 7) is 5.35. The lowest BCUT2D eigenvalue weighted by Crippen LogP contribution is -2.46. The Kier molecular flexibility index (Phi) is 4.96. The van der Waals surface area contributed by atoms with Gasteiger partial charge in [-0.25, -0.2) is 0 Å². The van der Waals surface area contributed by atoms with E-state index in [1.54, 1.807) is 0 Å². The third-order valence-electron chi connectivity index (χ3n) is 2.88. The Balaban J connectivity index is 2.86. The molecule has 1 rings (SSSR count). The third-order valence-corrected chi connectivity index (χ3v) is 4.30. The second-order valence-electron chi connectivity index (χ2n) is 4.38. The fraction of sp³-hybridized carbons (Fsp3) is 0.900. The zero-order chi connectivity index (χ0) is 12.5. The van der Waals surface area contributed by atoms with Crippen molar-refractivity contribution in [1.82, 2.24) is 10.2 Å². The maximum absolute atomic E-state index is 11.1. The van der Waals surface area contributed by atoms with Gasteiger partial charge in [0.05, 0.1) is 28.8 Å². The minimum Gasteiger partial charge on any atom is -0.395 e. The molecule has 1 amide bonds. The second kappa shape index (κ2) is 5.61. The third kappa shape index (κ3) is 2.66. The van der Waals surface area contributed by atoms with E-state index < -0.39 is 6.10 Å². The summed E-state index contributed by atoms with van der Waals surface area (Å²) in [5.74, 6) is -0.159. The molecule has 6 heteroatoms. The van der Waals surface area contributed by atoms with Gasteiger partial charge in [0.2, 0.25) is 5.91 Å². The van der Waals surface area contributed by atoms with Crippen molar-refractivity contribution in [3.05, 3.63) is 0 Å². The van der Waals surface area contributed by atoms with E-state index in [1.165, 1.54) is 6.92 Å². The molecule has 1 heterocycles. The van der Waals surface area contributed by atoms with Crippen LogP contribution in [-0.4, -0.2) is 55.9 Å². The number of amides is 1. The van der Waals surface area contributed by atoms with Crippen LogP contribution in [0.25, 0.3) is 0 Å². The van der Waals surface area contributed by atoms with Gasteiger partial charge in [-0.2, -0.15) is 0 Å². The first-order valence-corrected chi connectivity index (χ1v) is 6.62. The van der Waals surface area contributed by atoms with Gasteiger partial charge in [0, 0.05) is 13.0 Å². The Morgan fingerprint density at radius 3 is 2.44 bits per heavy atom. The van der Waals surface area contributed by atoms with Gasteiger partial charge < -0.3 is 15.5 Å². The van der Waals surface area contributed by atoms with Crippen molar-refractivity contribution in [2.45, 2.75) is 49.0 Å². The first-order chi connectivity index (χ1) is 7.40. The quantitative estimate of drug-likeness (QED) is 0.374. The lowest BCUT2D eigenvalue weighted by atomic mass is 10.1. The van der Waals surface area contributed by atoms with Crippen molar-refractivity contribution in [2.24, 2.45) is 0 Å². The molecule has 0 spiro atoms. The van der Waals surface area contributed by atoms with Gasteiger partial charge in [0.25, 0.3) is 0 Å². The predicted molar refractivity (Wildman–Crippen MR) is 69.3 cm³/mol. The van der Waals surface area contributed by atoms with Crippen LogP contribution in [0.2, 0.25) is 0 Å². The lowest BCUT2D eigenvalue weighted by Gasteiger charge is -2.30. The second-order valence-corrected chi connectivity index (χ2v) is 5.66. The molecule has 4 atom stereocenters. The Hall–Kier alpha value is 0.0800. The molecule has 0 aromatic carbocycles. The van der Waals surface area contributed by atoms with E-state index in [9.17, 15) is 15.0 Å². The van der Waals surface area contributed by atoms with E-state index in [0.717, 1.165) is 0 Å². The number of nitrogens with one attached hydrogen (secondary N) is 1. The summed E-state index contributed by atoms with van der Waals surface area (Å²) in [7, 11) is 0. The molecule has 16 heavy (non-hydrogen) atoms. The minimum absolute atomic E-state index is 0.00588. The SMILES string of the molecule is CC(=O)N[C@H]1C(I)N(C(C)C)[C@H](CO)[C@H]1O. The Bertz CT molecular complexity index is 262. The minimum atomic E-state index is -0.724. The summed E-state index contributed by atoms with van der Waals surface area (Å²) < 4.78 is -0.00588. The molecule has 1 unspecified atom stereocenters. The van der Waals surface area contributed by atoms with Crippen molar-refractivity contribution in [1.29, 1.82) is 0 Å². The summed E-state index contributed by atoms with van der Waals surface area (Å²) >= 11 is 2.20. The van der Waals surface area contributed by atoms with Crippen LogP contribution in [0.1, 0.15) is 20.8 Å². The molecule has 0 aromatic heterocycles. The highest BCUT2D eigenvalue weighted by atomic mass is 127. The van der Waals surface area contributed by atoms with Crippen molar-refractivity contribution >= 4 is 28.5 Å². The molecule has 1 aliphatic heterocycles. The molecule has 0 bridgehead atoms.